The first-order valence-corrected chi connectivity index (χ1v) is 12.1. The molecule has 0 atom stereocenters. The molecule has 0 radical (unpaired) electrons. The summed E-state index contributed by atoms with van der Waals surface area (Å²) < 4.78 is 6.07. The summed E-state index contributed by atoms with van der Waals surface area (Å²) >= 11 is 0. The van der Waals surface area contributed by atoms with Gasteiger partial charge in [-0.15, -0.1) is 0 Å². The van der Waals surface area contributed by atoms with Gasteiger partial charge in [0.25, 0.3) is 5.91 Å². The molecule has 3 aromatic carbocycles. The molecule has 1 N–H and O–H groups in total. The fourth-order valence-corrected chi connectivity index (χ4v) is 4.46. The zero-order valence-corrected chi connectivity index (χ0v) is 20.0. The Morgan fingerprint density at radius 3 is 2.51 bits per heavy atom. The molecule has 1 saturated heterocycles. The topological polar surface area (TPSA) is 57.7 Å². The van der Waals surface area contributed by atoms with E-state index < -0.39 is 0 Å². The summed E-state index contributed by atoms with van der Waals surface area (Å²) in [4.78, 5) is 21.5. The maximum absolute atomic E-state index is 12.6. The standard InChI is InChI=1S/C29H30N4O2/c1-22-20-28(26-12-5-6-13-27(26)30-22)31-24-10-7-11-25(21-24)35-19-18-32-14-16-33(17-15-32)29(34)23-8-3-2-4-9-23/h2-13,20-21H,14-19H2,1H3,(H,30,31). The second kappa shape index (κ2) is 10.6. The SMILES string of the molecule is Cc1cc(Nc2cccc(OCCN3CCN(C(=O)c4ccccc4)CC3)c2)c2ccccc2n1. The quantitative estimate of drug-likeness (QED) is 0.410. The van der Waals surface area contributed by atoms with Crippen molar-refractivity contribution < 1.29 is 9.53 Å². The molecule has 0 saturated carbocycles. The zero-order valence-electron chi connectivity index (χ0n) is 20.0. The highest BCUT2D eigenvalue weighted by molar-refractivity contribution is 5.94. The maximum Gasteiger partial charge on any atom is 0.253 e. The van der Waals surface area contributed by atoms with Gasteiger partial charge in [0.05, 0.1) is 5.52 Å². The number of carbonyl (C=O) groups is 1. The van der Waals surface area contributed by atoms with E-state index in [1.807, 2.05) is 84.6 Å². The van der Waals surface area contributed by atoms with E-state index in [1.54, 1.807) is 0 Å². The third-order valence-corrected chi connectivity index (χ3v) is 6.31. The van der Waals surface area contributed by atoms with Gasteiger partial charge in [-0.3, -0.25) is 14.7 Å². The predicted molar refractivity (Wildman–Crippen MR) is 140 cm³/mol. The lowest BCUT2D eigenvalue weighted by Gasteiger charge is -2.34. The monoisotopic (exact) mass is 466 g/mol. The number of nitrogens with zero attached hydrogens (tertiary/aromatic N) is 3. The summed E-state index contributed by atoms with van der Waals surface area (Å²) in [6, 6.07) is 27.8. The molecule has 4 aromatic rings. The molecule has 0 aliphatic carbocycles. The highest BCUT2D eigenvalue weighted by Crippen LogP contribution is 2.28. The lowest BCUT2D eigenvalue weighted by atomic mass is 10.1. The summed E-state index contributed by atoms with van der Waals surface area (Å²) in [5.41, 5.74) is 4.73. The van der Waals surface area contributed by atoms with Gasteiger partial charge in [0.15, 0.2) is 0 Å². The van der Waals surface area contributed by atoms with E-state index in [0.717, 1.165) is 72.0 Å². The van der Waals surface area contributed by atoms with Crippen LogP contribution in [-0.4, -0.2) is 60.0 Å². The van der Waals surface area contributed by atoms with Crippen LogP contribution in [0.15, 0.2) is 84.9 Å². The number of hydrogen-bond acceptors (Lipinski definition) is 5. The Bertz CT molecular complexity index is 1300. The molecule has 0 unspecified atom stereocenters. The lowest BCUT2D eigenvalue weighted by molar-refractivity contribution is 0.0620. The van der Waals surface area contributed by atoms with Crippen molar-refractivity contribution >= 4 is 28.2 Å². The van der Waals surface area contributed by atoms with Crippen molar-refractivity contribution in [2.75, 3.05) is 44.6 Å². The average molecular weight is 467 g/mol. The van der Waals surface area contributed by atoms with Crippen LogP contribution in [0.4, 0.5) is 11.4 Å². The third kappa shape index (κ3) is 5.61. The van der Waals surface area contributed by atoms with Crippen molar-refractivity contribution in [3.8, 4) is 5.75 Å². The largest absolute Gasteiger partial charge is 0.492 e. The summed E-state index contributed by atoms with van der Waals surface area (Å²) in [5.74, 6) is 0.950. The van der Waals surface area contributed by atoms with Crippen LogP contribution < -0.4 is 10.1 Å². The molecule has 1 fully saturated rings. The maximum atomic E-state index is 12.6. The summed E-state index contributed by atoms with van der Waals surface area (Å²) in [6.45, 7) is 6.65. The summed E-state index contributed by atoms with van der Waals surface area (Å²) in [5, 5.41) is 4.62. The molecule has 6 nitrogen and oxygen atoms in total. The van der Waals surface area contributed by atoms with Gasteiger partial charge in [-0.25, -0.2) is 0 Å². The molecule has 1 aliphatic rings. The van der Waals surface area contributed by atoms with Crippen LogP contribution in [0.25, 0.3) is 10.9 Å². The van der Waals surface area contributed by atoms with Crippen LogP contribution >= 0.6 is 0 Å². The summed E-state index contributed by atoms with van der Waals surface area (Å²) in [7, 11) is 0. The van der Waals surface area contributed by atoms with Crippen LogP contribution in [0.1, 0.15) is 16.1 Å². The minimum absolute atomic E-state index is 0.114. The number of aromatic nitrogens is 1. The molecule has 1 aliphatic heterocycles. The molecule has 35 heavy (non-hydrogen) atoms. The molecular formula is C29H30N4O2. The van der Waals surface area contributed by atoms with Gasteiger partial charge in [-0.2, -0.15) is 0 Å². The van der Waals surface area contributed by atoms with E-state index in [-0.39, 0.29) is 5.91 Å². The smallest absolute Gasteiger partial charge is 0.253 e. The summed E-state index contributed by atoms with van der Waals surface area (Å²) in [6.07, 6.45) is 0. The lowest BCUT2D eigenvalue weighted by Crippen LogP contribution is -2.49. The predicted octanol–water partition coefficient (Wildman–Crippen LogP) is 5.12. The fraction of sp³-hybridized carbons (Fsp3) is 0.241. The van der Waals surface area contributed by atoms with Crippen LogP contribution in [0.2, 0.25) is 0 Å². The molecule has 0 bridgehead atoms. The number of piperazine rings is 1. The molecule has 1 amide bonds. The number of anilines is 2. The number of benzene rings is 3. The van der Waals surface area contributed by atoms with E-state index in [2.05, 4.69) is 27.3 Å². The number of ether oxygens (including phenoxy) is 1. The number of pyridine rings is 1. The number of carbonyl (C=O) groups excluding carboxylic acids is 1. The Hall–Kier alpha value is -3.90. The molecule has 5 rings (SSSR count). The van der Waals surface area contributed by atoms with Crippen molar-refractivity contribution in [2.24, 2.45) is 0 Å². The van der Waals surface area contributed by atoms with Gasteiger partial charge in [0.2, 0.25) is 0 Å². The van der Waals surface area contributed by atoms with Crippen LogP contribution in [0.3, 0.4) is 0 Å². The van der Waals surface area contributed by atoms with Gasteiger partial charge in [0, 0.05) is 66.8 Å². The van der Waals surface area contributed by atoms with Crippen molar-refractivity contribution in [2.45, 2.75) is 6.92 Å². The van der Waals surface area contributed by atoms with Crippen LogP contribution in [0.5, 0.6) is 5.75 Å². The van der Waals surface area contributed by atoms with E-state index in [1.165, 1.54) is 0 Å². The minimum atomic E-state index is 0.114. The van der Waals surface area contributed by atoms with Gasteiger partial charge >= 0.3 is 0 Å². The molecule has 1 aromatic heterocycles. The Morgan fingerprint density at radius 1 is 0.914 bits per heavy atom. The van der Waals surface area contributed by atoms with E-state index in [4.69, 9.17) is 4.74 Å². The third-order valence-electron chi connectivity index (χ3n) is 6.31. The number of amides is 1. The van der Waals surface area contributed by atoms with Crippen molar-refractivity contribution in [3.05, 3.63) is 96.2 Å². The van der Waals surface area contributed by atoms with Gasteiger partial charge in [0.1, 0.15) is 12.4 Å². The first-order valence-electron chi connectivity index (χ1n) is 12.1. The van der Waals surface area contributed by atoms with Crippen molar-refractivity contribution in [1.82, 2.24) is 14.8 Å². The van der Waals surface area contributed by atoms with E-state index in [0.29, 0.717) is 6.61 Å². The highest BCUT2D eigenvalue weighted by atomic mass is 16.5. The average Bonchev–Trinajstić information content (AvgIpc) is 2.89. The Morgan fingerprint density at radius 2 is 1.69 bits per heavy atom. The number of fused-ring (bicyclic) bond motifs is 1. The molecular weight excluding hydrogens is 436 g/mol. The number of aryl methyl sites for hydroxylation is 1. The first-order chi connectivity index (χ1) is 17.2. The Kier molecular flexibility index (Phi) is 6.91. The van der Waals surface area contributed by atoms with Gasteiger partial charge in [-0.05, 0) is 43.3 Å². The fourth-order valence-electron chi connectivity index (χ4n) is 4.46. The van der Waals surface area contributed by atoms with Crippen molar-refractivity contribution in [3.63, 3.8) is 0 Å². The molecule has 6 heteroatoms. The first kappa shape index (κ1) is 22.9. The van der Waals surface area contributed by atoms with Gasteiger partial charge in [-0.1, -0.05) is 42.5 Å². The minimum Gasteiger partial charge on any atom is -0.492 e. The number of nitrogens with one attached hydrogen (secondary N) is 1. The number of rotatable bonds is 7. The Labute approximate surface area is 206 Å². The van der Waals surface area contributed by atoms with Crippen LogP contribution in [-0.2, 0) is 0 Å². The van der Waals surface area contributed by atoms with Crippen LogP contribution in [0, 0.1) is 6.92 Å². The molecule has 178 valence electrons. The van der Waals surface area contributed by atoms with E-state index in [9.17, 15) is 4.79 Å². The highest BCUT2D eigenvalue weighted by Gasteiger charge is 2.21. The molecule has 0 spiro atoms. The Balaban J connectivity index is 1.13. The second-order valence-corrected chi connectivity index (χ2v) is 8.83. The second-order valence-electron chi connectivity index (χ2n) is 8.83. The number of para-hydroxylation sites is 1. The van der Waals surface area contributed by atoms with E-state index >= 15 is 0 Å². The number of hydrogen-bond donors (Lipinski definition) is 1. The van der Waals surface area contributed by atoms with Gasteiger partial charge < -0.3 is 15.0 Å². The zero-order chi connectivity index (χ0) is 24.0. The normalized spacial score (nSPS) is 14.1. The van der Waals surface area contributed by atoms with Crippen molar-refractivity contribution in [1.29, 1.82) is 0 Å². The molecule has 2 heterocycles.